The first-order chi connectivity index (χ1) is 23.5. The average Bonchev–Trinajstić information content (AvgIpc) is 3.09. The summed E-state index contributed by atoms with van der Waals surface area (Å²) in [6.45, 7) is 5.43. The number of esters is 1. The number of sulfonamides is 1. The summed E-state index contributed by atoms with van der Waals surface area (Å²) in [5.41, 5.74) is 5.40. The van der Waals surface area contributed by atoms with Crippen molar-refractivity contribution in [2.75, 3.05) is 18.5 Å². The normalized spacial score (nSPS) is 11.3. The van der Waals surface area contributed by atoms with Gasteiger partial charge in [0.15, 0.2) is 0 Å². The van der Waals surface area contributed by atoms with E-state index in [4.69, 9.17) is 9.47 Å². The van der Waals surface area contributed by atoms with Crippen molar-refractivity contribution in [3.63, 3.8) is 0 Å². The maximum Gasteiger partial charge on any atom is 0.342 e. The van der Waals surface area contributed by atoms with E-state index in [1.54, 1.807) is 32.0 Å². The van der Waals surface area contributed by atoms with Crippen molar-refractivity contribution in [3.05, 3.63) is 160 Å². The van der Waals surface area contributed by atoms with Gasteiger partial charge in [0.1, 0.15) is 24.5 Å². The lowest BCUT2D eigenvalue weighted by Crippen LogP contribution is -2.41. The number of aryl methyl sites for hydroxylation is 3. The SMILES string of the molecule is Cc1cc(C)c(S(=O)(=O)N(C)CC(=O)N(Cc2ccccc2)c2ccc(C(=O)OCc3ccccc3)c(OCc3ccccc3)c2)c(C)c1. The summed E-state index contributed by atoms with van der Waals surface area (Å²) in [7, 11) is -2.59. The molecule has 8 nitrogen and oxygen atoms in total. The van der Waals surface area contributed by atoms with Crippen molar-refractivity contribution in [1.82, 2.24) is 4.31 Å². The summed E-state index contributed by atoms with van der Waals surface area (Å²) in [6, 6.07) is 36.8. The summed E-state index contributed by atoms with van der Waals surface area (Å²) >= 11 is 0. The highest BCUT2D eigenvalue weighted by molar-refractivity contribution is 7.89. The zero-order valence-electron chi connectivity index (χ0n) is 28.1. The van der Waals surface area contributed by atoms with Crippen LogP contribution in [0.15, 0.2) is 126 Å². The Morgan fingerprint density at radius 2 is 1.20 bits per heavy atom. The van der Waals surface area contributed by atoms with Gasteiger partial charge in [0, 0.05) is 18.8 Å². The van der Waals surface area contributed by atoms with Crippen molar-refractivity contribution in [1.29, 1.82) is 0 Å². The fourth-order valence-corrected chi connectivity index (χ4v) is 7.21. The van der Waals surface area contributed by atoms with Crippen LogP contribution in [0.1, 0.15) is 43.7 Å². The van der Waals surface area contributed by atoms with Gasteiger partial charge in [0.2, 0.25) is 15.9 Å². The van der Waals surface area contributed by atoms with Crippen LogP contribution in [0.25, 0.3) is 0 Å². The summed E-state index contributed by atoms with van der Waals surface area (Å²) < 4.78 is 40.5. The fraction of sp³-hybridized carbons (Fsp3) is 0.200. The lowest BCUT2D eigenvalue weighted by atomic mass is 10.1. The van der Waals surface area contributed by atoms with Crippen LogP contribution in [-0.4, -0.2) is 38.2 Å². The average molecular weight is 677 g/mol. The molecule has 0 radical (unpaired) electrons. The highest BCUT2D eigenvalue weighted by Gasteiger charge is 2.29. The quantitative estimate of drug-likeness (QED) is 0.121. The van der Waals surface area contributed by atoms with Gasteiger partial charge in [-0.25, -0.2) is 13.2 Å². The predicted molar refractivity (Wildman–Crippen MR) is 191 cm³/mol. The molecule has 0 atom stereocenters. The number of ether oxygens (including phenoxy) is 2. The number of carbonyl (C=O) groups excluding carboxylic acids is 2. The van der Waals surface area contributed by atoms with E-state index in [2.05, 4.69) is 0 Å². The number of benzene rings is 5. The maximum atomic E-state index is 14.1. The minimum absolute atomic E-state index is 0.0823. The van der Waals surface area contributed by atoms with E-state index >= 15 is 0 Å². The standard InChI is InChI=1S/C40H40N2O6S/c1-29-22-30(2)39(31(3)23-29)49(45,46)41(4)26-38(43)42(25-32-14-8-5-9-15-32)35-20-21-36(40(44)48-28-34-18-12-7-13-19-34)37(24-35)47-27-33-16-10-6-11-17-33/h5-24H,25-28H2,1-4H3. The molecule has 0 aliphatic rings. The first kappa shape index (κ1) is 35.1. The monoisotopic (exact) mass is 676 g/mol. The Bertz CT molecular complexity index is 1990. The molecule has 0 saturated carbocycles. The fourth-order valence-electron chi connectivity index (χ4n) is 5.68. The molecular weight excluding hydrogens is 637 g/mol. The number of anilines is 1. The largest absolute Gasteiger partial charge is 0.488 e. The van der Waals surface area contributed by atoms with E-state index in [1.807, 2.05) is 110 Å². The Hall–Kier alpha value is -5.25. The molecule has 0 fully saturated rings. The number of amides is 1. The number of nitrogens with zero attached hydrogens (tertiary/aromatic N) is 2. The zero-order chi connectivity index (χ0) is 35.0. The Kier molecular flexibility index (Phi) is 11.3. The van der Waals surface area contributed by atoms with E-state index in [0.29, 0.717) is 16.8 Å². The van der Waals surface area contributed by atoms with Gasteiger partial charge in [-0.3, -0.25) is 4.79 Å². The summed E-state index contributed by atoms with van der Waals surface area (Å²) in [5, 5.41) is 0. The van der Waals surface area contributed by atoms with Crippen LogP contribution < -0.4 is 9.64 Å². The zero-order valence-corrected chi connectivity index (χ0v) is 28.9. The molecule has 252 valence electrons. The number of hydrogen-bond acceptors (Lipinski definition) is 6. The van der Waals surface area contributed by atoms with Crippen LogP contribution in [0.3, 0.4) is 0 Å². The molecule has 0 N–H and O–H groups in total. The molecule has 9 heteroatoms. The summed E-state index contributed by atoms with van der Waals surface area (Å²) in [4.78, 5) is 29.2. The molecule has 5 aromatic carbocycles. The van der Waals surface area contributed by atoms with Gasteiger partial charge in [0.05, 0.1) is 18.0 Å². The van der Waals surface area contributed by atoms with Gasteiger partial charge < -0.3 is 14.4 Å². The molecule has 5 rings (SSSR count). The van der Waals surface area contributed by atoms with Crippen molar-refractivity contribution in [3.8, 4) is 5.75 Å². The van der Waals surface area contributed by atoms with Crippen molar-refractivity contribution in [2.24, 2.45) is 0 Å². The number of likely N-dealkylation sites (N-methyl/N-ethyl adjacent to an activating group) is 1. The number of carbonyl (C=O) groups is 2. The van der Waals surface area contributed by atoms with Crippen LogP contribution in [0.2, 0.25) is 0 Å². The molecule has 0 aliphatic carbocycles. The van der Waals surface area contributed by atoms with E-state index in [1.165, 1.54) is 11.9 Å². The Morgan fingerprint density at radius 1 is 0.673 bits per heavy atom. The van der Waals surface area contributed by atoms with Gasteiger partial charge in [-0.1, -0.05) is 109 Å². The van der Waals surface area contributed by atoms with E-state index in [-0.39, 0.29) is 36.0 Å². The molecule has 0 aliphatic heterocycles. The van der Waals surface area contributed by atoms with E-state index in [0.717, 1.165) is 26.6 Å². The Morgan fingerprint density at radius 3 is 1.78 bits per heavy atom. The van der Waals surface area contributed by atoms with Gasteiger partial charge in [-0.05, 0) is 60.7 Å². The Balaban J connectivity index is 1.48. The minimum atomic E-state index is -4.00. The van der Waals surface area contributed by atoms with Crippen LogP contribution in [0.5, 0.6) is 5.75 Å². The predicted octanol–water partition coefficient (Wildman–Crippen LogP) is 7.40. The molecule has 0 saturated heterocycles. The second kappa shape index (κ2) is 15.8. The summed E-state index contributed by atoms with van der Waals surface area (Å²) in [6.07, 6.45) is 0. The molecule has 0 bridgehead atoms. The molecule has 0 heterocycles. The third-order valence-electron chi connectivity index (χ3n) is 8.06. The smallest absolute Gasteiger partial charge is 0.342 e. The van der Waals surface area contributed by atoms with Gasteiger partial charge >= 0.3 is 5.97 Å². The van der Waals surface area contributed by atoms with Crippen LogP contribution in [-0.2, 0) is 39.3 Å². The van der Waals surface area contributed by atoms with Gasteiger partial charge in [-0.15, -0.1) is 0 Å². The second-order valence-corrected chi connectivity index (χ2v) is 14.0. The molecule has 0 unspecified atom stereocenters. The molecule has 1 amide bonds. The minimum Gasteiger partial charge on any atom is -0.488 e. The molecule has 49 heavy (non-hydrogen) atoms. The number of hydrogen-bond donors (Lipinski definition) is 0. The molecule has 0 spiro atoms. The van der Waals surface area contributed by atoms with Crippen LogP contribution in [0.4, 0.5) is 5.69 Å². The van der Waals surface area contributed by atoms with Gasteiger partial charge in [0.25, 0.3) is 0 Å². The highest BCUT2D eigenvalue weighted by atomic mass is 32.2. The van der Waals surface area contributed by atoms with Crippen LogP contribution in [0, 0.1) is 20.8 Å². The first-order valence-corrected chi connectivity index (χ1v) is 17.4. The second-order valence-electron chi connectivity index (χ2n) is 12.0. The van der Waals surface area contributed by atoms with E-state index in [9.17, 15) is 18.0 Å². The maximum absolute atomic E-state index is 14.1. The van der Waals surface area contributed by atoms with Crippen molar-refractivity contribution < 1.29 is 27.5 Å². The highest BCUT2D eigenvalue weighted by Crippen LogP contribution is 2.30. The van der Waals surface area contributed by atoms with Crippen LogP contribution >= 0.6 is 0 Å². The van der Waals surface area contributed by atoms with Gasteiger partial charge in [-0.2, -0.15) is 4.31 Å². The molecule has 5 aromatic rings. The lowest BCUT2D eigenvalue weighted by molar-refractivity contribution is -0.118. The van der Waals surface area contributed by atoms with E-state index < -0.39 is 28.4 Å². The summed E-state index contributed by atoms with van der Waals surface area (Å²) in [5.74, 6) is -0.794. The van der Waals surface area contributed by atoms with Crippen molar-refractivity contribution in [2.45, 2.75) is 45.4 Å². The molecular formula is C40H40N2O6S. The Labute approximate surface area is 288 Å². The third kappa shape index (κ3) is 8.81. The van der Waals surface area contributed by atoms with Crippen molar-refractivity contribution >= 4 is 27.6 Å². The molecule has 0 aromatic heterocycles. The lowest BCUT2D eigenvalue weighted by Gasteiger charge is -2.27. The first-order valence-electron chi connectivity index (χ1n) is 15.9. The number of rotatable bonds is 13. The topological polar surface area (TPSA) is 93.2 Å². The third-order valence-corrected chi connectivity index (χ3v) is 10.2.